The molecule has 3 rings (SSSR count). The first kappa shape index (κ1) is 11.8. The van der Waals surface area contributed by atoms with Crippen molar-refractivity contribution in [3.8, 4) is 11.5 Å². The van der Waals surface area contributed by atoms with Gasteiger partial charge in [-0.3, -0.25) is 4.79 Å². The fourth-order valence-electron chi connectivity index (χ4n) is 2.03. The third-order valence-electron chi connectivity index (χ3n) is 3.00. The minimum Gasteiger partial charge on any atom is -0.490 e. The number of carbonyl (C=O) groups is 1. The van der Waals surface area contributed by atoms with E-state index in [1.165, 1.54) is 6.26 Å². The van der Waals surface area contributed by atoms with E-state index in [0.717, 1.165) is 12.2 Å². The zero-order valence-corrected chi connectivity index (χ0v) is 10.6. The van der Waals surface area contributed by atoms with Gasteiger partial charge in [0.1, 0.15) is 12.0 Å². The van der Waals surface area contributed by atoms with E-state index in [1.807, 2.05) is 6.92 Å². The normalized spacial score (nSPS) is 13.9. The van der Waals surface area contributed by atoms with Gasteiger partial charge in [0, 0.05) is 12.0 Å². The van der Waals surface area contributed by atoms with Crippen LogP contribution in [-0.2, 0) is 0 Å². The number of ether oxygens (including phenoxy) is 2. The predicted molar refractivity (Wildman–Crippen MR) is 68.9 cm³/mol. The molecule has 98 valence electrons. The summed E-state index contributed by atoms with van der Waals surface area (Å²) in [6.45, 7) is 3.06. The van der Waals surface area contributed by atoms with Crippen molar-refractivity contribution < 1.29 is 18.7 Å². The Bertz CT molecular complexity index is 612. The molecule has 0 radical (unpaired) electrons. The van der Waals surface area contributed by atoms with Crippen LogP contribution in [0.4, 0.5) is 0 Å². The first-order valence-electron chi connectivity index (χ1n) is 6.23. The molecule has 2 aromatic rings. The minimum absolute atomic E-state index is 0.0764. The predicted octanol–water partition coefficient (Wildman–Crippen LogP) is 2.98. The smallest absolute Gasteiger partial charge is 0.196 e. The van der Waals surface area contributed by atoms with Gasteiger partial charge in [-0.1, -0.05) is 0 Å². The largest absolute Gasteiger partial charge is 0.490 e. The Morgan fingerprint density at radius 3 is 2.58 bits per heavy atom. The van der Waals surface area contributed by atoms with Crippen molar-refractivity contribution in [3.63, 3.8) is 0 Å². The van der Waals surface area contributed by atoms with Crippen LogP contribution in [0.1, 0.15) is 28.1 Å². The Morgan fingerprint density at radius 2 is 1.84 bits per heavy atom. The summed E-state index contributed by atoms with van der Waals surface area (Å²) in [5, 5.41) is 0. The molecule has 0 unspecified atom stereocenters. The van der Waals surface area contributed by atoms with Crippen molar-refractivity contribution in [2.24, 2.45) is 0 Å². The van der Waals surface area contributed by atoms with Crippen LogP contribution in [0.15, 0.2) is 34.9 Å². The van der Waals surface area contributed by atoms with Gasteiger partial charge < -0.3 is 13.9 Å². The highest BCUT2D eigenvalue weighted by Gasteiger charge is 2.16. The molecular weight excluding hydrogens is 244 g/mol. The molecule has 19 heavy (non-hydrogen) atoms. The van der Waals surface area contributed by atoms with Crippen LogP contribution in [0.3, 0.4) is 0 Å². The van der Waals surface area contributed by atoms with E-state index in [0.29, 0.717) is 35.8 Å². The van der Waals surface area contributed by atoms with E-state index < -0.39 is 0 Å². The zero-order valence-electron chi connectivity index (χ0n) is 10.6. The summed E-state index contributed by atoms with van der Waals surface area (Å²) in [6, 6.07) is 6.98. The highest BCUT2D eigenvalue weighted by atomic mass is 16.5. The summed E-state index contributed by atoms with van der Waals surface area (Å²) in [7, 11) is 0. The van der Waals surface area contributed by atoms with Crippen LogP contribution >= 0.6 is 0 Å². The lowest BCUT2D eigenvalue weighted by atomic mass is 10.1. The summed E-state index contributed by atoms with van der Waals surface area (Å²) >= 11 is 0. The molecule has 0 aliphatic carbocycles. The highest BCUT2D eigenvalue weighted by molar-refractivity contribution is 6.09. The number of hydrogen-bond acceptors (Lipinski definition) is 4. The summed E-state index contributed by atoms with van der Waals surface area (Å²) in [5.41, 5.74) is 1.12. The Morgan fingerprint density at radius 1 is 1.05 bits per heavy atom. The summed E-state index contributed by atoms with van der Waals surface area (Å²) in [6.07, 6.45) is 2.32. The summed E-state index contributed by atoms with van der Waals surface area (Å²) in [4.78, 5) is 12.3. The topological polar surface area (TPSA) is 48.7 Å². The van der Waals surface area contributed by atoms with E-state index >= 15 is 0 Å². The molecule has 0 spiro atoms. The van der Waals surface area contributed by atoms with Gasteiger partial charge in [0.05, 0.1) is 18.8 Å². The highest BCUT2D eigenvalue weighted by Crippen LogP contribution is 2.31. The maximum Gasteiger partial charge on any atom is 0.196 e. The van der Waals surface area contributed by atoms with Crippen LogP contribution in [0.25, 0.3) is 0 Å². The maximum atomic E-state index is 12.3. The lowest BCUT2D eigenvalue weighted by Crippen LogP contribution is -2.01. The van der Waals surface area contributed by atoms with Crippen molar-refractivity contribution in [2.45, 2.75) is 13.3 Å². The summed E-state index contributed by atoms with van der Waals surface area (Å²) in [5.74, 6) is 1.96. The van der Waals surface area contributed by atoms with E-state index in [4.69, 9.17) is 13.9 Å². The lowest BCUT2D eigenvalue weighted by Gasteiger charge is -2.08. The number of ketones is 1. The van der Waals surface area contributed by atoms with Gasteiger partial charge in [0.25, 0.3) is 0 Å². The first-order valence-corrected chi connectivity index (χ1v) is 6.23. The maximum absolute atomic E-state index is 12.3. The van der Waals surface area contributed by atoms with Gasteiger partial charge in [-0.2, -0.15) is 0 Å². The Hall–Kier alpha value is -2.23. The Kier molecular flexibility index (Phi) is 2.99. The monoisotopic (exact) mass is 258 g/mol. The van der Waals surface area contributed by atoms with Crippen LogP contribution < -0.4 is 9.47 Å². The van der Waals surface area contributed by atoms with Gasteiger partial charge in [-0.15, -0.1) is 0 Å². The fourth-order valence-corrected chi connectivity index (χ4v) is 2.03. The SMILES string of the molecule is Cc1cc(C(=O)c2ccc3c(c2)OCCCO3)co1. The van der Waals surface area contributed by atoms with Gasteiger partial charge in [0.2, 0.25) is 0 Å². The van der Waals surface area contributed by atoms with E-state index in [9.17, 15) is 4.79 Å². The molecule has 0 saturated heterocycles. The van der Waals surface area contributed by atoms with Crippen LogP contribution in [-0.4, -0.2) is 19.0 Å². The Balaban J connectivity index is 1.93. The van der Waals surface area contributed by atoms with E-state index in [-0.39, 0.29) is 5.78 Å². The Labute approximate surface area is 110 Å². The molecule has 1 aliphatic heterocycles. The molecule has 4 heteroatoms. The number of aryl methyl sites for hydroxylation is 1. The van der Waals surface area contributed by atoms with E-state index in [2.05, 4.69) is 0 Å². The van der Waals surface area contributed by atoms with Crippen LogP contribution in [0.5, 0.6) is 11.5 Å². The summed E-state index contributed by atoms with van der Waals surface area (Å²) < 4.78 is 16.3. The number of rotatable bonds is 2. The molecule has 0 fully saturated rings. The number of furan rings is 1. The molecule has 1 aromatic heterocycles. The van der Waals surface area contributed by atoms with E-state index in [1.54, 1.807) is 24.3 Å². The molecule has 2 heterocycles. The number of fused-ring (bicyclic) bond motifs is 1. The molecule has 1 aliphatic rings. The van der Waals surface area contributed by atoms with Crippen LogP contribution in [0.2, 0.25) is 0 Å². The third kappa shape index (κ3) is 2.34. The molecule has 0 saturated carbocycles. The van der Waals surface area contributed by atoms with Crippen molar-refractivity contribution >= 4 is 5.78 Å². The molecule has 0 bridgehead atoms. The number of hydrogen-bond donors (Lipinski definition) is 0. The molecule has 0 atom stereocenters. The molecule has 0 amide bonds. The second-order valence-corrected chi connectivity index (χ2v) is 4.49. The van der Waals surface area contributed by atoms with Crippen molar-refractivity contribution in [1.82, 2.24) is 0 Å². The second kappa shape index (κ2) is 4.80. The van der Waals surface area contributed by atoms with Crippen molar-refractivity contribution in [1.29, 1.82) is 0 Å². The van der Waals surface area contributed by atoms with Gasteiger partial charge in [-0.05, 0) is 31.2 Å². The van der Waals surface area contributed by atoms with Crippen molar-refractivity contribution in [2.75, 3.05) is 13.2 Å². The molecule has 0 N–H and O–H groups in total. The van der Waals surface area contributed by atoms with Crippen LogP contribution in [0, 0.1) is 6.92 Å². The van der Waals surface area contributed by atoms with Gasteiger partial charge >= 0.3 is 0 Å². The number of carbonyl (C=O) groups excluding carboxylic acids is 1. The quantitative estimate of drug-likeness (QED) is 0.777. The fraction of sp³-hybridized carbons (Fsp3) is 0.267. The third-order valence-corrected chi connectivity index (χ3v) is 3.00. The minimum atomic E-state index is -0.0764. The molecular formula is C15H14O4. The average molecular weight is 258 g/mol. The number of benzene rings is 1. The second-order valence-electron chi connectivity index (χ2n) is 4.49. The average Bonchev–Trinajstić information content (AvgIpc) is 2.72. The van der Waals surface area contributed by atoms with Gasteiger partial charge in [0.15, 0.2) is 17.3 Å². The van der Waals surface area contributed by atoms with Crippen molar-refractivity contribution in [3.05, 3.63) is 47.4 Å². The molecule has 1 aromatic carbocycles. The standard InChI is InChI=1S/C15H14O4/c1-10-7-12(9-19-10)15(16)11-3-4-13-14(8-11)18-6-2-5-17-13/h3-4,7-9H,2,5-6H2,1H3. The zero-order chi connectivity index (χ0) is 13.2. The molecule has 4 nitrogen and oxygen atoms in total. The van der Waals surface area contributed by atoms with Gasteiger partial charge in [-0.25, -0.2) is 0 Å². The lowest BCUT2D eigenvalue weighted by molar-refractivity contribution is 0.103. The first-order chi connectivity index (χ1) is 9.24.